The summed E-state index contributed by atoms with van der Waals surface area (Å²) in [6.45, 7) is 5.26. The minimum Gasteiger partial charge on any atom is -0.383 e. The number of carbonyl (C=O) groups excluding carboxylic acids is 1. The van der Waals surface area contributed by atoms with Crippen molar-refractivity contribution in [1.29, 1.82) is 0 Å². The molecule has 8 nitrogen and oxygen atoms in total. The lowest BCUT2D eigenvalue weighted by Gasteiger charge is -2.09. The molecular weight excluding hydrogens is 394 g/mol. The zero-order chi connectivity index (χ0) is 22.1. The highest BCUT2D eigenvalue weighted by molar-refractivity contribution is 5.94. The Bertz CT molecular complexity index is 1330. The van der Waals surface area contributed by atoms with Gasteiger partial charge in [-0.25, -0.2) is 0 Å². The number of amides is 1. The van der Waals surface area contributed by atoms with Crippen LogP contribution in [-0.2, 0) is 29.5 Å². The summed E-state index contributed by atoms with van der Waals surface area (Å²) >= 11 is 0. The molecular formula is C23H27N5O3. The maximum atomic E-state index is 12.6. The topological polar surface area (TPSA) is 93.9 Å². The van der Waals surface area contributed by atoms with Gasteiger partial charge in [-0.15, -0.1) is 0 Å². The van der Waals surface area contributed by atoms with E-state index in [1.165, 1.54) is 0 Å². The Balaban J connectivity index is 1.47. The summed E-state index contributed by atoms with van der Waals surface area (Å²) in [6, 6.07) is 7.87. The molecule has 3 aromatic heterocycles. The Morgan fingerprint density at radius 2 is 2.06 bits per heavy atom. The molecule has 0 saturated carbocycles. The van der Waals surface area contributed by atoms with Gasteiger partial charge in [0.2, 0.25) is 5.91 Å². The summed E-state index contributed by atoms with van der Waals surface area (Å²) in [5, 5.41) is 9.33. The van der Waals surface area contributed by atoms with Crippen LogP contribution in [0.2, 0.25) is 0 Å². The van der Waals surface area contributed by atoms with Crippen LogP contribution in [0.5, 0.6) is 0 Å². The highest BCUT2D eigenvalue weighted by atomic mass is 16.5. The number of benzene rings is 1. The maximum Gasteiger partial charge on any atom is 0.253 e. The van der Waals surface area contributed by atoms with Crippen LogP contribution >= 0.6 is 0 Å². The molecule has 8 heteroatoms. The number of fused-ring (bicyclic) bond motifs is 2. The highest BCUT2D eigenvalue weighted by Gasteiger charge is 2.16. The van der Waals surface area contributed by atoms with Crippen molar-refractivity contribution in [2.75, 3.05) is 19.0 Å². The molecule has 0 atom stereocenters. The smallest absolute Gasteiger partial charge is 0.253 e. The molecule has 1 aromatic carbocycles. The van der Waals surface area contributed by atoms with Crippen LogP contribution in [0.25, 0.3) is 21.9 Å². The van der Waals surface area contributed by atoms with Crippen LogP contribution in [0.4, 0.5) is 5.69 Å². The second kappa shape index (κ2) is 8.39. The van der Waals surface area contributed by atoms with E-state index in [9.17, 15) is 9.59 Å². The van der Waals surface area contributed by atoms with Gasteiger partial charge < -0.3 is 19.6 Å². The molecule has 4 rings (SSSR count). The lowest BCUT2D eigenvalue weighted by Crippen LogP contribution is -2.19. The normalized spacial score (nSPS) is 11.5. The Morgan fingerprint density at radius 3 is 2.84 bits per heavy atom. The summed E-state index contributed by atoms with van der Waals surface area (Å²) < 4.78 is 8.94. The number of ether oxygens (including phenoxy) is 1. The van der Waals surface area contributed by atoms with E-state index < -0.39 is 0 Å². The number of hydrogen-bond donors (Lipinski definition) is 2. The number of nitrogens with one attached hydrogen (secondary N) is 2. The molecule has 0 aliphatic heterocycles. The van der Waals surface area contributed by atoms with Crippen molar-refractivity contribution >= 4 is 33.5 Å². The summed E-state index contributed by atoms with van der Waals surface area (Å²) in [5.74, 6) is -0.125. The Labute approximate surface area is 179 Å². The maximum absolute atomic E-state index is 12.6. The van der Waals surface area contributed by atoms with Crippen LogP contribution in [-0.4, -0.2) is 39.0 Å². The lowest BCUT2D eigenvalue weighted by molar-refractivity contribution is -0.116. The molecule has 0 saturated heterocycles. The van der Waals surface area contributed by atoms with Crippen LogP contribution in [0.3, 0.4) is 0 Å². The molecule has 0 radical (unpaired) electrons. The molecule has 2 N–H and O–H groups in total. The van der Waals surface area contributed by atoms with Crippen molar-refractivity contribution < 1.29 is 9.53 Å². The molecule has 4 aromatic rings. The number of carbonyl (C=O) groups is 1. The molecule has 1 amide bonds. The monoisotopic (exact) mass is 421 g/mol. The van der Waals surface area contributed by atoms with Gasteiger partial charge in [-0.05, 0) is 50.1 Å². The number of rotatable bonds is 7. The van der Waals surface area contributed by atoms with Gasteiger partial charge in [0.05, 0.1) is 12.3 Å². The first kappa shape index (κ1) is 20.9. The van der Waals surface area contributed by atoms with E-state index in [0.29, 0.717) is 24.2 Å². The molecule has 162 valence electrons. The third-order valence-corrected chi connectivity index (χ3v) is 5.75. The quantitative estimate of drug-likeness (QED) is 0.480. The van der Waals surface area contributed by atoms with Crippen LogP contribution < -0.4 is 10.9 Å². The number of aromatic nitrogens is 4. The molecule has 0 aliphatic carbocycles. The van der Waals surface area contributed by atoms with Gasteiger partial charge in [0.15, 0.2) is 0 Å². The van der Waals surface area contributed by atoms with Gasteiger partial charge in [0, 0.05) is 60.9 Å². The van der Waals surface area contributed by atoms with Crippen LogP contribution in [0, 0.1) is 13.8 Å². The van der Waals surface area contributed by atoms with Gasteiger partial charge in [-0.2, -0.15) is 5.10 Å². The van der Waals surface area contributed by atoms with E-state index in [-0.39, 0.29) is 17.9 Å². The fraction of sp³-hybridized carbons (Fsp3) is 0.348. The molecule has 31 heavy (non-hydrogen) atoms. The molecule has 3 heterocycles. The Hall–Kier alpha value is -3.39. The minimum atomic E-state index is -0.167. The highest BCUT2D eigenvalue weighted by Crippen LogP contribution is 2.23. The lowest BCUT2D eigenvalue weighted by atomic mass is 10.0. The van der Waals surface area contributed by atoms with Gasteiger partial charge >= 0.3 is 0 Å². The first-order valence-corrected chi connectivity index (χ1v) is 10.3. The van der Waals surface area contributed by atoms with E-state index in [2.05, 4.69) is 20.0 Å². The number of H-pyrrole nitrogens is 1. The Morgan fingerprint density at radius 1 is 1.26 bits per heavy atom. The molecule has 0 bridgehead atoms. The number of aryl methyl sites for hydroxylation is 3. The zero-order valence-corrected chi connectivity index (χ0v) is 18.3. The summed E-state index contributed by atoms with van der Waals surface area (Å²) in [6.07, 6.45) is 2.61. The van der Waals surface area contributed by atoms with E-state index >= 15 is 0 Å². The SMILES string of the molecule is COCCn1ccc2cc(NC(=O)CCc3c(C)c4c(C)nn(C)c4[nH]c3=O)ccc21. The summed E-state index contributed by atoms with van der Waals surface area (Å²) in [4.78, 5) is 28.0. The number of nitrogens with zero attached hydrogens (tertiary/aromatic N) is 3. The van der Waals surface area contributed by atoms with Gasteiger partial charge in [-0.1, -0.05) is 0 Å². The summed E-state index contributed by atoms with van der Waals surface area (Å²) in [5.41, 5.74) is 4.75. The number of aromatic amines is 1. The first-order chi connectivity index (χ1) is 14.9. The average molecular weight is 422 g/mol. The number of hydrogen-bond acceptors (Lipinski definition) is 4. The van der Waals surface area contributed by atoms with Crippen LogP contribution in [0.15, 0.2) is 35.3 Å². The van der Waals surface area contributed by atoms with Crippen molar-refractivity contribution in [3.05, 3.63) is 57.6 Å². The largest absolute Gasteiger partial charge is 0.383 e. The van der Waals surface area contributed by atoms with Crippen molar-refractivity contribution in [2.45, 2.75) is 33.2 Å². The average Bonchev–Trinajstić information content (AvgIpc) is 3.25. The number of anilines is 1. The molecule has 0 fully saturated rings. The zero-order valence-electron chi connectivity index (χ0n) is 18.3. The van der Waals surface area contributed by atoms with Crippen molar-refractivity contribution in [2.24, 2.45) is 7.05 Å². The molecule has 0 unspecified atom stereocenters. The second-order valence-corrected chi connectivity index (χ2v) is 7.81. The standard InChI is InChI=1S/C23H27N5O3/c1-14-18(23(30)25-22-21(14)15(2)26-27(22)3)6-8-20(29)24-17-5-7-19-16(13-17)9-10-28(19)11-12-31-4/h5,7,9-10,13H,6,8,11-12H2,1-4H3,(H,24,29)(H,25,30). The van der Waals surface area contributed by atoms with Crippen LogP contribution in [0.1, 0.15) is 23.2 Å². The minimum absolute atomic E-state index is 0.125. The van der Waals surface area contributed by atoms with Crippen molar-refractivity contribution in [3.8, 4) is 0 Å². The number of methoxy groups -OCH3 is 1. The van der Waals surface area contributed by atoms with Crippen molar-refractivity contribution in [3.63, 3.8) is 0 Å². The van der Waals surface area contributed by atoms with Gasteiger partial charge in [0.1, 0.15) is 5.65 Å². The molecule has 0 aliphatic rings. The van der Waals surface area contributed by atoms with E-state index in [4.69, 9.17) is 4.74 Å². The second-order valence-electron chi connectivity index (χ2n) is 7.81. The van der Waals surface area contributed by atoms with Gasteiger partial charge in [-0.3, -0.25) is 14.3 Å². The van der Waals surface area contributed by atoms with E-state index in [1.807, 2.05) is 44.3 Å². The third-order valence-electron chi connectivity index (χ3n) is 5.75. The summed E-state index contributed by atoms with van der Waals surface area (Å²) in [7, 11) is 3.49. The van der Waals surface area contributed by atoms with Crippen molar-refractivity contribution in [1.82, 2.24) is 19.3 Å². The number of pyridine rings is 1. The third kappa shape index (κ3) is 3.98. The predicted molar refractivity (Wildman–Crippen MR) is 122 cm³/mol. The van der Waals surface area contributed by atoms with Gasteiger partial charge in [0.25, 0.3) is 5.56 Å². The first-order valence-electron chi connectivity index (χ1n) is 10.3. The predicted octanol–water partition coefficient (Wildman–Crippen LogP) is 3.05. The fourth-order valence-electron chi connectivity index (χ4n) is 4.18. The van der Waals surface area contributed by atoms with E-state index in [1.54, 1.807) is 18.8 Å². The fourth-order valence-corrected chi connectivity index (χ4v) is 4.18. The Kier molecular flexibility index (Phi) is 5.65. The molecule has 0 spiro atoms. The van der Waals surface area contributed by atoms with E-state index in [0.717, 1.165) is 39.8 Å².